The maximum atomic E-state index is 12.6. The zero-order chi connectivity index (χ0) is 17.9. The van der Waals surface area contributed by atoms with Crippen LogP contribution in [0.25, 0.3) is 0 Å². The van der Waals surface area contributed by atoms with Crippen LogP contribution in [-0.4, -0.2) is 43.6 Å². The van der Waals surface area contributed by atoms with E-state index in [4.69, 9.17) is 4.74 Å². The van der Waals surface area contributed by atoms with Crippen LogP contribution in [0.2, 0.25) is 0 Å². The van der Waals surface area contributed by atoms with Gasteiger partial charge in [-0.05, 0) is 68.2 Å². The quantitative estimate of drug-likeness (QED) is 0.874. The number of amides is 1. The van der Waals surface area contributed by atoms with E-state index in [1.807, 2.05) is 48.5 Å². The maximum Gasteiger partial charge on any atom is 0.251 e. The van der Waals surface area contributed by atoms with Crippen LogP contribution in [0.3, 0.4) is 0 Å². The first kappa shape index (κ1) is 17.4. The maximum absolute atomic E-state index is 12.6. The van der Waals surface area contributed by atoms with Gasteiger partial charge in [-0.25, -0.2) is 0 Å². The number of para-hydroxylation sites is 1. The minimum absolute atomic E-state index is 0.0394. The van der Waals surface area contributed by atoms with Gasteiger partial charge in [0.1, 0.15) is 5.75 Å². The van der Waals surface area contributed by atoms with Crippen molar-refractivity contribution in [3.63, 3.8) is 0 Å². The molecule has 5 rings (SSSR count). The van der Waals surface area contributed by atoms with Crippen molar-refractivity contribution >= 4 is 17.7 Å². The summed E-state index contributed by atoms with van der Waals surface area (Å²) in [6, 6.07) is 16.1. The van der Waals surface area contributed by atoms with E-state index in [0.717, 1.165) is 27.6 Å². The van der Waals surface area contributed by atoms with Crippen LogP contribution in [0.5, 0.6) is 5.75 Å². The molecule has 136 valence electrons. The fraction of sp³-hybridized carbons (Fsp3) is 0.381. The summed E-state index contributed by atoms with van der Waals surface area (Å²) in [7, 11) is 1.68. The molecule has 3 heterocycles. The molecule has 0 aliphatic carbocycles. The van der Waals surface area contributed by atoms with E-state index in [9.17, 15) is 4.79 Å². The Hall–Kier alpha value is -1.98. The van der Waals surface area contributed by atoms with Gasteiger partial charge in [0.2, 0.25) is 0 Å². The third-order valence-electron chi connectivity index (χ3n) is 5.39. The molecule has 3 aliphatic rings. The van der Waals surface area contributed by atoms with Crippen molar-refractivity contribution in [3.8, 4) is 5.75 Å². The lowest BCUT2D eigenvalue weighted by molar-refractivity contribution is 0.0620. The van der Waals surface area contributed by atoms with E-state index in [-0.39, 0.29) is 5.91 Å². The Kier molecular flexibility index (Phi) is 5.18. The standard InChI is InChI=1S/C21H24N2O2S/c1-25-19-4-2-3-5-20(19)26-17-8-6-16(7-9-17)21(24)22-18-14-23-12-10-15(18)11-13-23/h2-9,15,18H,10-14H2,1H3,(H,22,24). The topological polar surface area (TPSA) is 41.6 Å². The third kappa shape index (κ3) is 3.74. The van der Waals surface area contributed by atoms with Crippen molar-refractivity contribution in [2.75, 3.05) is 26.7 Å². The highest BCUT2D eigenvalue weighted by Gasteiger charge is 2.34. The van der Waals surface area contributed by atoms with Gasteiger partial charge in [0.25, 0.3) is 5.91 Å². The predicted molar refractivity (Wildman–Crippen MR) is 104 cm³/mol. The van der Waals surface area contributed by atoms with Crippen molar-refractivity contribution in [1.29, 1.82) is 0 Å². The Labute approximate surface area is 158 Å². The fourth-order valence-corrected chi connectivity index (χ4v) is 4.81. The van der Waals surface area contributed by atoms with E-state index in [0.29, 0.717) is 12.0 Å². The van der Waals surface area contributed by atoms with Gasteiger partial charge >= 0.3 is 0 Å². The molecule has 4 nitrogen and oxygen atoms in total. The molecule has 0 spiro atoms. The number of nitrogens with zero attached hydrogens (tertiary/aromatic N) is 1. The van der Waals surface area contributed by atoms with E-state index < -0.39 is 0 Å². The minimum Gasteiger partial charge on any atom is -0.496 e. The molecule has 3 aliphatic heterocycles. The van der Waals surface area contributed by atoms with Gasteiger partial charge in [-0.2, -0.15) is 0 Å². The molecule has 2 aromatic carbocycles. The minimum atomic E-state index is 0.0394. The lowest BCUT2D eigenvalue weighted by atomic mass is 9.84. The summed E-state index contributed by atoms with van der Waals surface area (Å²) in [6.07, 6.45) is 2.42. The summed E-state index contributed by atoms with van der Waals surface area (Å²) in [5.74, 6) is 1.54. The molecular weight excluding hydrogens is 344 g/mol. The van der Waals surface area contributed by atoms with Gasteiger partial charge in [0, 0.05) is 23.0 Å². The second-order valence-electron chi connectivity index (χ2n) is 7.00. The molecule has 1 amide bonds. The molecule has 3 fully saturated rings. The van der Waals surface area contributed by atoms with Gasteiger partial charge in [-0.3, -0.25) is 4.79 Å². The summed E-state index contributed by atoms with van der Waals surface area (Å²) in [4.78, 5) is 17.2. The lowest BCUT2D eigenvalue weighted by Gasteiger charge is -2.44. The van der Waals surface area contributed by atoms with Crippen molar-refractivity contribution in [2.24, 2.45) is 5.92 Å². The van der Waals surface area contributed by atoms with Crippen LogP contribution >= 0.6 is 11.8 Å². The number of piperidine rings is 3. The van der Waals surface area contributed by atoms with E-state index in [1.165, 1.54) is 25.9 Å². The highest BCUT2D eigenvalue weighted by molar-refractivity contribution is 7.99. The van der Waals surface area contributed by atoms with E-state index >= 15 is 0 Å². The van der Waals surface area contributed by atoms with Gasteiger partial charge in [-0.1, -0.05) is 23.9 Å². The van der Waals surface area contributed by atoms with Crippen molar-refractivity contribution < 1.29 is 9.53 Å². The smallest absolute Gasteiger partial charge is 0.251 e. The number of carbonyl (C=O) groups excluding carboxylic acids is 1. The van der Waals surface area contributed by atoms with Crippen LogP contribution in [0, 0.1) is 5.92 Å². The van der Waals surface area contributed by atoms with Crippen LogP contribution < -0.4 is 10.1 Å². The predicted octanol–water partition coefficient (Wildman–Crippen LogP) is 3.67. The monoisotopic (exact) mass is 368 g/mol. The van der Waals surface area contributed by atoms with Crippen LogP contribution in [0.1, 0.15) is 23.2 Å². The van der Waals surface area contributed by atoms with Gasteiger partial charge in [-0.15, -0.1) is 0 Å². The highest BCUT2D eigenvalue weighted by Crippen LogP contribution is 2.34. The average molecular weight is 369 g/mol. The molecule has 0 radical (unpaired) electrons. The Morgan fingerprint density at radius 3 is 2.50 bits per heavy atom. The Morgan fingerprint density at radius 1 is 1.12 bits per heavy atom. The third-order valence-corrected chi connectivity index (χ3v) is 6.45. The summed E-state index contributed by atoms with van der Waals surface area (Å²) < 4.78 is 5.40. The summed E-state index contributed by atoms with van der Waals surface area (Å²) in [6.45, 7) is 3.37. The molecule has 26 heavy (non-hydrogen) atoms. The molecule has 2 bridgehead atoms. The zero-order valence-electron chi connectivity index (χ0n) is 15.0. The average Bonchev–Trinajstić information content (AvgIpc) is 2.70. The number of nitrogens with one attached hydrogen (secondary N) is 1. The summed E-state index contributed by atoms with van der Waals surface area (Å²) in [5.41, 5.74) is 0.728. The first-order chi connectivity index (χ1) is 12.7. The summed E-state index contributed by atoms with van der Waals surface area (Å²) in [5, 5.41) is 3.25. The molecule has 1 unspecified atom stereocenters. The number of carbonyl (C=O) groups is 1. The number of fused-ring (bicyclic) bond motifs is 3. The molecule has 1 N–H and O–H groups in total. The second-order valence-corrected chi connectivity index (χ2v) is 8.11. The second kappa shape index (κ2) is 7.72. The molecule has 5 heteroatoms. The van der Waals surface area contributed by atoms with Crippen LogP contribution in [0.15, 0.2) is 58.3 Å². The normalized spacial score (nSPS) is 24.3. The van der Waals surface area contributed by atoms with Crippen LogP contribution in [0.4, 0.5) is 0 Å². The first-order valence-corrected chi connectivity index (χ1v) is 9.99. The number of methoxy groups -OCH3 is 1. The molecule has 3 saturated heterocycles. The lowest BCUT2D eigenvalue weighted by Crippen LogP contribution is -2.57. The molecule has 1 atom stereocenters. The SMILES string of the molecule is COc1ccccc1Sc1ccc(C(=O)NC2CN3CCC2CC3)cc1. The van der Waals surface area contributed by atoms with Gasteiger partial charge in [0.05, 0.1) is 12.0 Å². The van der Waals surface area contributed by atoms with E-state index in [2.05, 4.69) is 10.2 Å². The van der Waals surface area contributed by atoms with Crippen molar-refractivity contribution in [3.05, 3.63) is 54.1 Å². The Morgan fingerprint density at radius 2 is 1.85 bits per heavy atom. The van der Waals surface area contributed by atoms with Crippen LogP contribution in [-0.2, 0) is 0 Å². The molecular formula is C21H24N2O2S. The van der Waals surface area contributed by atoms with Gasteiger partial charge in [0.15, 0.2) is 0 Å². The number of hydrogen-bond donors (Lipinski definition) is 1. The number of hydrogen-bond acceptors (Lipinski definition) is 4. The van der Waals surface area contributed by atoms with Crippen molar-refractivity contribution in [2.45, 2.75) is 28.7 Å². The molecule has 2 aromatic rings. The number of benzene rings is 2. The number of rotatable bonds is 5. The highest BCUT2D eigenvalue weighted by atomic mass is 32.2. The number of ether oxygens (including phenoxy) is 1. The zero-order valence-corrected chi connectivity index (χ0v) is 15.8. The first-order valence-electron chi connectivity index (χ1n) is 9.17. The molecule has 0 aromatic heterocycles. The van der Waals surface area contributed by atoms with Gasteiger partial charge < -0.3 is 15.0 Å². The van der Waals surface area contributed by atoms with E-state index in [1.54, 1.807) is 18.9 Å². The largest absolute Gasteiger partial charge is 0.496 e. The molecule has 0 saturated carbocycles. The Bertz CT molecular complexity index is 770. The van der Waals surface area contributed by atoms with Crippen molar-refractivity contribution in [1.82, 2.24) is 10.2 Å². The fourth-order valence-electron chi connectivity index (χ4n) is 3.88. The summed E-state index contributed by atoms with van der Waals surface area (Å²) >= 11 is 1.64. The Balaban J connectivity index is 1.40.